The molecular formula is C20H24N2O2. The third-order valence-corrected chi connectivity index (χ3v) is 4.92. The van der Waals surface area contributed by atoms with E-state index in [0.29, 0.717) is 44.7 Å². The van der Waals surface area contributed by atoms with Gasteiger partial charge in [-0.1, -0.05) is 24.3 Å². The van der Waals surface area contributed by atoms with Gasteiger partial charge < -0.3 is 0 Å². The van der Waals surface area contributed by atoms with E-state index in [4.69, 9.17) is 6.42 Å². The molecule has 4 nitrogen and oxygen atoms in total. The topological polar surface area (TPSA) is 40.6 Å². The van der Waals surface area contributed by atoms with Crippen molar-refractivity contribution in [2.45, 2.75) is 44.9 Å². The molecule has 0 unspecified atom stereocenters. The first kappa shape index (κ1) is 16.6. The molecule has 126 valence electrons. The Morgan fingerprint density at radius 1 is 1.08 bits per heavy atom. The number of carbonyl (C=O) groups is 2. The monoisotopic (exact) mass is 324 g/mol. The van der Waals surface area contributed by atoms with E-state index in [1.165, 1.54) is 11.1 Å². The SMILES string of the molecule is C#CCCCC(=O)N1CCCN1C(=O)CC1Cc2ccccc2C1. The average Bonchev–Trinajstić information content (AvgIpc) is 3.21. The van der Waals surface area contributed by atoms with Gasteiger partial charge in [0.25, 0.3) is 0 Å². The minimum Gasteiger partial charge on any atom is -0.273 e. The van der Waals surface area contributed by atoms with Crippen LogP contribution in [0.4, 0.5) is 0 Å². The summed E-state index contributed by atoms with van der Waals surface area (Å²) in [7, 11) is 0. The van der Waals surface area contributed by atoms with Crippen LogP contribution in [-0.4, -0.2) is 34.9 Å². The summed E-state index contributed by atoms with van der Waals surface area (Å²) >= 11 is 0. The van der Waals surface area contributed by atoms with Crippen LogP contribution >= 0.6 is 0 Å². The Morgan fingerprint density at radius 2 is 1.71 bits per heavy atom. The highest BCUT2D eigenvalue weighted by atomic mass is 16.2. The lowest BCUT2D eigenvalue weighted by atomic mass is 10.0. The molecule has 1 saturated heterocycles. The van der Waals surface area contributed by atoms with E-state index in [0.717, 1.165) is 19.3 Å². The van der Waals surface area contributed by atoms with Gasteiger partial charge in [-0.3, -0.25) is 19.6 Å². The smallest absolute Gasteiger partial charge is 0.241 e. The number of hydrogen-bond donors (Lipinski definition) is 0. The second-order valence-electron chi connectivity index (χ2n) is 6.69. The molecule has 0 atom stereocenters. The second-order valence-corrected chi connectivity index (χ2v) is 6.69. The van der Waals surface area contributed by atoms with Crippen molar-refractivity contribution in [2.75, 3.05) is 13.1 Å². The number of unbranched alkanes of at least 4 members (excludes halogenated alkanes) is 1. The normalized spacial score (nSPS) is 17.0. The molecular weight excluding hydrogens is 300 g/mol. The van der Waals surface area contributed by atoms with Crippen LogP contribution in [0.25, 0.3) is 0 Å². The van der Waals surface area contributed by atoms with Crippen molar-refractivity contribution in [1.82, 2.24) is 10.0 Å². The summed E-state index contributed by atoms with van der Waals surface area (Å²) in [4.78, 5) is 25.0. The molecule has 0 bridgehead atoms. The van der Waals surface area contributed by atoms with Gasteiger partial charge in [0.2, 0.25) is 11.8 Å². The average molecular weight is 324 g/mol. The molecule has 4 heteroatoms. The third-order valence-electron chi connectivity index (χ3n) is 4.92. The van der Waals surface area contributed by atoms with Crippen molar-refractivity contribution >= 4 is 11.8 Å². The van der Waals surface area contributed by atoms with Gasteiger partial charge >= 0.3 is 0 Å². The van der Waals surface area contributed by atoms with Gasteiger partial charge in [0, 0.05) is 32.4 Å². The molecule has 0 radical (unpaired) electrons. The fourth-order valence-corrected chi connectivity index (χ4v) is 3.75. The highest BCUT2D eigenvalue weighted by Crippen LogP contribution is 2.29. The zero-order valence-electron chi connectivity index (χ0n) is 14.0. The number of amides is 2. The van der Waals surface area contributed by atoms with E-state index in [9.17, 15) is 9.59 Å². The van der Waals surface area contributed by atoms with Crippen LogP contribution in [0, 0.1) is 18.3 Å². The maximum atomic E-state index is 12.7. The lowest BCUT2D eigenvalue weighted by Crippen LogP contribution is -2.45. The van der Waals surface area contributed by atoms with Crippen LogP contribution in [0.15, 0.2) is 24.3 Å². The highest BCUT2D eigenvalue weighted by Gasteiger charge is 2.32. The molecule has 0 saturated carbocycles. The van der Waals surface area contributed by atoms with E-state index >= 15 is 0 Å². The van der Waals surface area contributed by atoms with Crippen LogP contribution in [0.1, 0.15) is 43.2 Å². The lowest BCUT2D eigenvalue weighted by Gasteiger charge is -2.28. The molecule has 1 heterocycles. The predicted octanol–water partition coefficient (Wildman–Crippen LogP) is 2.57. The van der Waals surface area contributed by atoms with Crippen LogP contribution in [-0.2, 0) is 22.4 Å². The Bertz CT molecular complexity index is 637. The van der Waals surface area contributed by atoms with Crippen LogP contribution < -0.4 is 0 Å². The van der Waals surface area contributed by atoms with E-state index in [-0.39, 0.29) is 11.8 Å². The summed E-state index contributed by atoms with van der Waals surface area (Å²) in [6, 6.07) is 8.41. The number of fused-ring (bicyclic) bond motifs is 1. The zero-order chi connectivity index (χ0) is 16.9. The largest absolute Gasteiger partial charge is 0.273 e. The Morgan fingerprint density at radius 3 is 2.33 bits per heavy atom. The molecule has 3 rings (SSSR count). The number of rotatable bonds is 5. The number of hydrogen-bond acceptors (Lipinski definition) is 2. The lowest BCUT2D eigenvalue weighted by molar-refractivity contribution is -0.158. The van der Waals surface area contributed by atoms with E-state index < -0.39 is 0 Å². The fraction of sp³-hybridized carbons (Fsp3) is 0.500. The molecule has 1 aromatic rings. The number of nitrogens with zero attached hydrogens (tertiary/aromatic N) is 2. The Balaban J connectivity index is 1.55. The van der Waals surface area contributed by atoms with Gasteiger partial charge in [0.05, 0.1) is 0 Å². The third kappa shape index (κ3) is 3.62. The molecule has 1 aliphatic carbocycles. The van der Waals surface area contributed by atoms with E-state index in [1.54, 1.807) is 10.0 Å². The van der Waals surface area contributed by atoms with Crippen molar-refractivity contribution in [3.63, 3.8) is 0 Å². The summed E-state index contributed by atoms with van der Waals surface area (Å²) in [5.41, 5.74) is 2.72. The Hall–Kier alpha value is -2.28. The van der Waals surface area contributed by atoms with Crippen molar-refractivity contribution in [2.24, 2.45) is 5.92 Å². The van der Waals surface area contributed by atoms with Gasteiger partial charge in [-0.25, -0.2) is 0 Å². The second kappa shape index (κ2) is 7.53. The molecule has 1 aromatic carbocycles. The molecule has 0 aromatic heterocycles. The van der Waals surface area contributed by atoms with Gasteiger partial charge in [-0.05, 0) is 42.7 Å². The number of carbonyl (C=O) groups excluding carboxylic acids is 2. The quantitative estimate of drug-likeness (QED) is 0.617. The van der Waals surface area contributed by atoms with Crippen LogP contribution in [0.5, 0.6) is 0 Å². The van der Waals surface area contributed by atoms with Crippen molar-refractivity contribution in [3.8, 4) is 12.3 Å². The maximum absolute atomic E-state index is 12.7. The molecule has 1 fully saturated rings. The summed E-state index contributed by atoms with van der Waals surface area (Å²) in [6.07, 6.45) is 10.2. The standard InChI is InChI=1S/C20H24N2O2/c1-2-3-4-10-19(23)21-11-7-12-22(21)20(24)15-16-13-17-8-5-6-9-18(17)14-16/h1,5-6,8-9,16H,3-4,7,10-15H2. The van der Waals surface area contributed by atoms with Crippen molar-refractivity contribution in [1.29, 1.82) is 0 Å². The van der Waals surface area contributed by atoms with Crippen LogP contribution in [0.2, 0.25) is 0 Å². The predicted molar refractivity (Wildman–Crippen MR) is 92.7 cm³/mol. The minimum atomic E-state index is 0.0193. The van der Waals surface area contributed by atoms with Gasteiger partial charge in [0.15, 0.2) is 0 Å². The molecule has 2 amide bonds. The first-order valence-corrected chi connectivity index (χ1v) is 8.80. The van der Waals surface area contributed by atoms with E-state index in [2.05, 4.69) is 30.2 Å². The van der Waals surface area contributed by atoms with Crippen molar-refractivity contribution < 1.29 is 9.59 Å². The summed E-state index contributed by atoms with van der Waals surface area (Å²) in [6.45, 7) is 1.30. The molecule has 1 aliphatic heterocycles. The first-order valence-electron chi connectivity index (χ1n) is 8.80. The van der Waals surface area contributed by atoms with E-state index in [1.807, 2.05) is 0 Å². The first-order chi connectivity index (χ1) is 11.7. The minimum absolute atomic E-state index is 0.0193. The summed E-state index contributed by atoms with van der Waals surface area (Å²) < 4.78 is 0. The van der Waals surface area contributed by atoms with Gasteiger partial charge in [-0.2, -0.15) is 0 Å². The molecule has 0 spiro atoms. The molecule has 2 aliphatic rings. The summed E-state index contributed by atoms with van der Waals surface area (Å²) in [5, 5.41) is 3.31. The van der Waals surface area contributed by atoms with Gasteiger partial charge in [0.1, 0.15) is 0 Å². The Labute approximate surface area is 143 Å². The van der Waals surface area contributed by atoms with Crippen molar-refractivity contribution in [3.05, 3.63) is 35.4 Å². The number of terminal acetylenes is 1. The summed E-state index contributed by atoms with van der Waals surface area (Å²) in [5.74, 6) is 3.01. The maximum Gasteiger partial charge on any atom is 0.241 e. The molecule has 0 N–H and O–H groups in total. The number of benzene rings is 1. The molecule has 24 heavy (non-hydrogen) atoms. The van der Waals surface area contributed by atoms with Gasteiger partial charge in [-0.15, -0.1) is 12.3 Å². The zero-order valence-corrected chi connectivity index (χ0v) is 14.0. The highest BCUT2D eigenvalue weighted by molar-refractivity contribution is 5.83. The van der Waals surface area contributed by atoms with Crippen LogP contribution in [0.3, 0.4) is 0 Å². The Kier molecular flexibility index (Phi) is 5.20. The number of hydrazine groups is 1. The fourth-order valence-electron chi connectivity index (χ4n) is 3.75.